The van der Waals surface area contributed by atoms with Gasteiger partial charge >= 0.3 is 6.03 Å². The fourth-order valence-corrected chi connectivity index (χ4v) is 2.39. The maximum Gasteiger partial charge on any atom is 0.323 e. The second kappa shape index (κ2) is 6.07. The molecule has 3 rings (SSSR count). The molecular formula is C15H20N6O. The van der Waals surface area contributed by atoms with Gasteiger partial charge in [0.05, 0.1) is 17.6 Å². The number of para-hydroxylation sites is 1. The molecule has 0 bridgehead atoms. The van der Waals surface area contributed by atoms with Crippen LogP contribution in [0.15, 0.2) is 36.5 Å². The highest BCUT2D eigenvalue weighted by Crippen LogP contribution is 2.19. The van der Waals surface area contributed by atoms with E-state index in [9.17, 15) is 4.79 Å². The molecule has 22 heavy (non-hydrogen) atoms. The lowest BCUT2D eigenvalue weighted by molar-refractivity contribution is 0.164. The van der Waals surface area contributed by atoms with Gasteiger partial charge in [-0.1, -0.05) is 18.2 Å². The van der Waals surface area contributed by atoms with Gasteiger partial charge in [0.15, 0.2) is 5.82 Å². The molecule has 0 radical (unpaired) electrons. The van der Waals surface area contributed by atoms with Gasteiger partial charge in [-0.3, -0.25) is 5.32 Å². The molecule has 0 saturated carbocycles. The lowest BCUT2D eigenvalue weighted by Gasteiger charge is -2.32. The topological polar surface area (TPSA) is 79.4 Å². The number of piperazine rings is 1. The summed E-state index contributed by atoms with van der Waals surface area (Å²) in [7, 11) is 2.05. The van der Waals surface area contributed by atoms with E-state index in [1.54, 1.807) is 15.8 Å². The highest BCUT2D eigenvalue weighted by atomic mass is 16.2. The predicted octanol–water partition coefficient (Wildman–Crippen LogP) is 1.23. The summed E-state index contributed by atoms with van der Waals surface area (Å²) in [5.74, 6) is 0.396. The molecule has 7 nitrogen and oxygen atoms in total. The van der Waals surface area contributed by atoms with Gasteiger partial charge in [-0.2, -0.15) is 0 Å². The number of nitrogens with two attached hydrogens (primary N) is 1. The van der Waals surface area contributed by atoms with Crippen LogP contribution in [0.2, 0.25) is 0 Å². The van der Waals surface area contributed by atoms with E-state index in [0.717, 1.165) is 18.8 Å². The third-order valence-electron chi connectivity index (χ3n) is 3.78. The summed E-state index contributed by atoms with van der Waals surface area (Å²) >= 11 is 0. The van der Waals surface area contributed by atoms with E-state index < -0.39 is 0 Å². The Morgan fingerprint density at radius 2 is 1.86 bits per heavy atom. The molecule has 1 aromatic heterocycles. The zero-order valence-corrected chi connectivity index (χ0v) is 12.6. The van der Waals surface area contributed by atoms with Crippen molar-refractivity contribution in [3.05, 3.63) is 36.5 Å². The number of likely N-dealkylation sites (N-methyl/N-ethyl adjacent to an activating group) is 1. The van der Waals surface area contributed by atoms with Crippen LogP contribution < -0.4 is 11.1 Å². The first-order valence-corrected chi connectivity index (χ1v) is 7.28. The lowest BCUT2D eigenvalue weighted by Crippen LogP contribution is -2.48. The molecular weight excluding hydrogens is 280 g/mol. The average Bonchev–Trinajstić information content (AvgIpc) is 2.90. The Labute approximate surface area is 129 Å². The minimum absolute atomic E-state index is 0.155. The number of hydrogen-bond donors (Lipinski definition) is 2. The Hall–Kier alpha value is -2.54. The molecule has 7 heteroatoms. The first-order valence-electron chi connectivity index (χ1n) is 7.28. The molecule has 0 atom stereocenters. The zero-order chi connectivity index (χ0) is 15.5. The molecule has 1 saturated heterocycles. The van der Waals surface area contributed by atoms with Gasteiger partial charge in [0, 0.05) is 26.2 Å². The number of urea groups is 1. The van der Waals surface area contributed by atoms with E-state index in [1.165, 1.54) is 0 Å². The zero-order valence-electron chi connectivity index (χ0n) is 12.6. The van der Waals surface area contributed by atoms with E-state index in [2.05, 4.69) is 22.4 Å². The van der Waals surface area contributed by atoms with Crippen molar-refractivity contribution in [1.82, 2.24) is 19.6 Å². The van der Waals surface area contributed by atoms with E-state index in [1.807, 2.05) is 30.3 Å². The standard InChI is InChI=1S/C15H20N6O/c1-19-7-9-20(10-8-19)15(22)17-14-13(16)11-21(18-14)12-5-3-2-4-6-12/h2-6,11H,7-10,16H2,1H3,(H,17,18,22). The highest BCUT2D eigenvalue weighted by molar-refractivity contribution is 5.91. The fraction of sp³-hybridized carbons (Fsp3) is 0.333. The molecule has 1 aliphatic rings. The van der Waals surface area contributed by atoms with Gasteiger partial charge in [0.2, 0.25) is 0 Å². The normalized spacial score (nSPS) is 15.8. The molecule has 3 N–H and O–H groups in total. The number of aromatic nitrogens is 2. The van der Waals surface area contributed by atoms with Crippen molar-refractivity contribution in [3.8, 4) is 5.69 Å². The van der Waals surface area contributed by atoms with Crippen molar-refractivity contribution in [2.24, 2.45) is 0 Å². The van der Waals surface area contributed by atoms with Crippen molar-refractivity contribution >= 4 is 17.5 Å². The minimum Gasteiger partial charge on any atom is -0.394 e. The van der Waals surface area contributed by atoms with Gasteiger partial charge in [-0.25, -0.2) is 9.48 Å². The molecule has 0 unspecified atom stereocenters. The number of nitrogens with one attached hydrogen (secondary N) is 1. The van der Waals surface area contributed by atoms with Gasteiger partial charge < -0.3 is 15.5 Å². The van der Waals surface area contributed by atoms with E-state index in [-0.39, 0.29) is 6.03 Å². The maximum absolute atomic E-state index is 12.3. The Balaban J connectivity index is 1.70. The van der Waals surface area contributed by atoms with Gasteiger partial charge in [-0.05, 0) is 19.2 Å². The molecule has 1 aliphatic heterocycles. The van der Waals surface area contributed by atoms with Crippen LogP contribution in [0.4, 0.5) is 16.3 Å². The summed E-state index contributed by atoms with van der Waals surface area (Å²) in [6, 6.07) is 9.49. The predicted molar refractivity (Wildman–Crippen MR) is 86.1 cm³/mol. The van der Waals surface area contributed by atoms with E-state index in [0.29, 0.717) is 24.6 Å². The maximum atomic E-state index is 12.3. The molecule has 1 fully saturated rings. The van der Waals surface area contributed by atoms with Crippen LogP contribution in [-0.2, 0) is 0 Å². The lowest BCUT2D eigenvalue weighted by atomic mass is 10.3. The van der Waals surface area contributed by atoms with Crippen LogP contribution in [0, 0.1) is 0 Å². The van der Waals surface area contributed by atoms with E-state index >= 15 is 0 Å². The molecule has 0 spiro atoms. The van der Waals surface area contributed by atoms with Crippen molar-refractivity contribution in [2.75, 3.05) is 44.3 Å². The fourth-order valence-electron chi connectivity index (χ4n) is 2.39. The average molecular weight is 300 g/mol. The molecule has 0 aliphatic carbocycles. The minimum atomic E-state index is -0.155. The number of benzene rings is 1. The largest absolute Gasteiger partial charge is 0.394 e. The number of rotatable bonds is 2. The summed E-state index contributed by atoms with van der Waals surface area (Å²) in [4.78, 5) is 16.2. The number of carbonyl (C=O) groups is 1. The number of hydrogen-bond acceptors (Lipinski definition) is 4. The molecule has 116 valence electrons. The Morgan fingerprint density at radius 3 is 2.55 bits per heavy atom. The molecule has 1 aromatic carbocycles. The third-order valence-corrected chi connectivity index (χ3v) is 3.78. The number of carbonyl (C=O) groups excluding carboxylic acids is 1. The monoisotopic (exact) mass is 300 g/mol. The summed E-state index contributed by atoms with van der Waals surface area (Å²) in [5.41, 5.74) is 7.30. The van der Waals surface area contributed by atoms with Crippen LogP contribution >= 0.6 is 0 Å². The number of anilines is 2. The van der Waals surface area contributed by atoms with Crippen molar-refractivity contribution in [3.63, 3.8) is 0 Å². The van der Waals surface area contributed by atoms with Crippen LogP contribution in [-0.4, -0.2) is 58.8 Å². The van der Waals surface area contributed by atoms with Gasteiger partial charge in [-0.15, -0.1) is 5.10 Å². The summed E-state index contributed by atoms with van der Waals surface area (Å²) in [6.07, 6.45) is 1.70. The molecule has 2 aromatic rings. The van der Waals surface area contributed by atoms with Crippen molar-refractivity contribution in [2.45, 2.75) is 0 Å². The number of nitrogens with zero attached hydrogens (tertiary/aromatic N) is 4. The summed E-state index contributed by atoms with van der Waals surface area (Å²) in [5, 5.41) is 7.15. The van der Waals surface area contributed by atoms with E-state index in [4.69, 9.17) is 5.73 Å². The van der Waals surface area contributed by atoms with Crippen LogP contribution in [0.5, 0.6) is 0 Å². The molecule has 2 heterocycles. The Bertz CT molecular complexity index is 645. The summed E-state index contributed by atoms with van der Waals surface area (Å²) < 4.78 is 1.66. The van der Waals surface area contributed by atoms with Crippen LogP contribution in [0.3, 0.4) is 0 Å². The van der Waals surface area contributed by atoms with Crippen molar-refractivity contribution in [1.29, 1.82) is 0 Å². The molecule has 2 amide bonds. The van der Waals surface area contributed by atoms with Gasteiger partial charge in [0.25, 0.3) is 0 Å². The number of amides is 2. The number of nitrogen functional groups attached to an aromatic ring is 1. The van der Waals surface area contributed by atoms with Crippen LogP contribution in [0.1, 0.15) is 0 Å². The summed E-state index contributed by atoms with van der Waals surface area (Å²) in [6.45, 7) is 3.17. The quantitative estimate of drug-likeness (QED) is 0.874. The third kappa shape index (κ3) is 3.04. The Kier molecular flexibility index (Phi) is 3.97. The highest BCUT2D eigenvalue weighted by Gasteiger charge is 2.20. The van der Waals surface area contributed by atoms with Crippen molar-refractivity contribution < 1.29 is 4.79 Å². The SMILES string of the molecule is CN1CCN(C(=O)Nc2nn(-c3ccccc3)cc2N)CC1. The van der Waals surface area contributed by atoms with Crippen LogP contribution in [0.25, 0.3) is 5.69 Å². The second-order valence-electron chi connectivity index (χ2n) is 5.43. The van der Waals surface area contributed by atoms with Gasteiger partial charge in [0.1, 0.15) is 0 Å². The second-order valence-corrected chi connectivity index (χ2v) is 5.43. The first-order chi connectivity index (χ1) is 10.6. The first kappa shape index (κ1) is 14.4. The smallest absolute Gasteiger partial charge is 0.323 e. The Morgan fingerprint density at radius 1 is 1.18 bits per heavy atom.